The number of aromatic nitrogens is 2. The van der Waals surface area contributed by atoms with Gasteiger partial charge in [0.05, 0.1) is 0 Å². The number of nitrogens with zero attached hydrogens (tertiary/aromatic N) is 2. The molecule has 0 aliphatic carbocycles. The van der Waals surface area contributed by atoms with Crippen molar-refractivity contribution in [1.29, 1.82) is 0 Å². The molecule has 0 spiro atoms. The fourth-order valence-corrected chi connectivity index (χ4v) is 1.18. The van der Waals surface area contributed by atoms with Crippen molar-refractivity contribution in [3.05, 3.63) is 11.9 Å². The van der Waals surface area contributed by atoms with Gasteiger partial charge < -0.3 is 10.6 Å². The zero-order chi connectivity index (χ0) is 11.5. The van der Waals surface area contributed by atoms with Crippen LogP contribution in [0.1, 0.15) is 33.5 Å². The number of nitrogens with one attached hydrogen (secondary N) is 2. The number of rotatable bonds is 3. The molecule has 1 aromatic heterocycles. The van der Waals surface area contributed by atoms with E-state index in [1.54, 1.807) is 0 Å². The molecule has 0 aliphatic heterocycles. The molecular weight excluding hydrogens is 188 g/mol. The van der Waals surface area contributed by atoms with Crippen molar-refractivity contribution in [2.24, 2.45) is 0 Å². The Labute approximate surface area is 91.5 Å². The van der Waals surface area contributed by atoms with Gasteiger partial charge in [0.1, 0.15) is 17.5 Å². The average molecular weight is 208 g/mol. The van der Waals surface area contributed by atoms with Crippen LogP contribution >= 0.6 is 0 Å². The van der Waals surface area contributed by atoms with E-state index in [2.05, 4.69) is 48.3 Å². The van der Waals surface area contributed by atoms with E-state index in [-0.39, 0.29) is 5.41 Å². The highest BCUT2D eigenvalue weighted by Gasteiger charge is 2.18. The molecule has 1 rings (SSSR count). The first-order chi connectivity index (χ1) is 6.97. The minimum Gasteiger partial charge on any atom is -0.373 e. The first-order valence-corrected chi connectivity index (χ1v) is 5.28. The molecule has 1 heterocycles. The Morgan fingerprint density at radius 2 is 1.80 bits per heavy atom. The quantitative estimate of drug-likeness (QED) is 0.800. The molecule has 0 radical (unpaired) electrons. The van der Waals surface area contributed by atoms with Crippen molar-refractivity contribution < 1.29 is 0 Å². The molecule has 0 amide bonds. The van der Waals surface area contributed by atoms with Gasteiger partial charge in [-0.15, -0.1) is 0 Å². The first-order valence-electron chi connectivity index (χ1n) is 5.28. The number of hydrogen-bond acceptors (Lipinski definition) is 4. The van der Waals surface area contributed by atoms with E-state index in [1.807, 2.05) is 13.1 Å². The lowest BCUT2D eigenvalue weighted by molar-refractivity contribution is 0.547. The zero-order valence-electron chi connectivity index (χ0n) is 10.2. The highest BCUT2D eigenvalue weighted by molar-refractivity contribution is 5.47. The molecular formula is C11H20N4. The Bertz CT molecular complexity index is 328. The molecule has 0 saturated heterocycles. The molecule has 4 nitrogen and oxygen atoms in total. The van der Waals surface area contributed by atoms with Crippen molar-refractivity contribution >= 4 is 11.6 Å². The maximum atomic E-state index is 4.48. The van der Waals surface area contributed by atoms with Crippen molar-refractivity contribution in [1.82, 2.24) is 9.97 Å². The van der Waals surface area contributed by atoms with Gasteiger partial charge in [0.2, 0.25) is 0 Å². The van der Waals surface area contributed by atoms with E-state index in [1.165, 1.54) is 0 Å². The fourth-order valence-electron chi connectivity index (χ4n) is 1.18. The van der Waals surface area contributed by atoms with Gasteiger partial charge in [-0.25, -0.2) is 9.97 Å². The summed E-state index contributed by atoms with van der Waals surface area (Å²) in [6, 6.07) is 1.92. The van der Waals surface area contributed by atoms with Crippen molar-refractivity contribution in [3.63, 3.8) is 0 Å². The van der Waals surface area contributed by atoms with E-state index < -0.39 is 0 Å². The smallest absolute Gasteiger partial charge is 0.138 e. The van der Waals surface area contributed by atoms with Crippen molar-refractivity contribution in [2.45, 2.75) is 33.1 Å². The lowest BCUT2D eigenvalue weighted by atomic mass is 9.96. The van der Waals surface area contributed by atoms with Crippen LogP contribution in [0.3, 0.4) is 0 Å². The summed E-state index contributed by atoms with van der Waals surface area (Å²) in [4.78, 5) is 8.92. The van der Waals surface area contributed by atoms with Crippen LogP contribution in [0.2, 0.25) is 0 Å². The van der Waals surface area contributed by atoms with Crippen LogP contribution in [0, 0.1) is 0 Å². The van der Waals surface area contributed by atoms with E-state index in [9.17, 15) is 0 Å². The summed E-state index contributed by atoms with van der Waals surface area (Å²) in [5.41, 5.74) is -0.0307. The highest BCUT2D eigenvalue weighted by atomic mass is 15.1. The first kappa shape index (κ1) is 11.8. The Morgan fingerprint density at radius 1 is 1.20 bits per heavy atom. The molecule has 15 heavy (non-hydrogen) atoms. The van der Waals surface area contributed by atoms with Crippen molar-refractivity contribution in [3.8, 4) is 0 Å². The summed E-state index contributed by atoms with van der Waals surface area (Å²) in [7, 11) is 1.87. The van der Waals surface area contributed by atoms with Gasteiger partial charge in [-0.05, 0) is 6.92 Å². The minimum atomic E-state index is -0.0307. The second-order valence-electron chi connectivity index (χ2n) is 4.49. The molecule has 0 fully saturated rings. The SMILES string of the molecule is CCNc1cc(NC)nc(C(C)(C)C)n1. The second kappa shape index (κ2) is 4.47. The minimum absolute atomic E-state index is 0.0307. The standard InChI is InChI=1S/C11H20N4/c1-6-13-9-7-8(12-5)14-10(15-9)11(2,3)4/h7H,6H2,1-5H3,(H2,12,13,14,15). The largest absolute Gasteiger partial charge is 0.373 e. The van der Waals surface area contributed by atoms with Gasteiger partial charge in [0, 0.05) is 25.1 Å². The van der Waals surface area contributed by atoms with Crippen molar-refractivity contribution in [2.75, 3.05) is 24.2 Å². The molecule has 1 aromatic rings. The molecule has 2 N–H and O–H groups in total. The van der Waals surface area contributed by atoms with Crippen LogP contribution in [-0.2, 0) is 5.41 Å². The lowest BCUT2D eigenvalue weighted by Gasteiger charge is -2.18. The van der Waals surface area contributed by atoms with Gasteiger partial charge in [-0.1, -0.05) is 20.8 Å². The van der Waals surface area contributed by atoms with E-state index in [4.69, 9.17) is 0 Å². The van der Waals surface area contributed by atoms with Crippen LogP contribution in [0.4, 0.5) is 11.6 Å². The summed E-state index contributed by atoms with van der Waals surface area (Å²) in [5.74, 6) is 2.58. The monoisotopic (exact) mass is 208 g/mol. The summed E-state index contributed by atoms with van der Waals surface area (Å²) < 4.78 is 0. The van der Waals surface area contributed by atoms with Crippen LogP contribution in [0.5, 0.6) is 0 Å². The predicted octanol–water partition coefficient (Wildman–Crippen LogP) is 2.25. The summed E-state index contributed by atoms with van der Waals surface area (Å²) >= 11 is 0. The van der Waals surface area contributed by atoms with E-state index in [0.29, 0.717) is 0 Å². The summed E-state index contributed by atoms with van der Waals surface area (Å²) in [6.45, 7) is 9.24. The van der Waals surface area contributed by atoms with Crippen LogP contribution in [-0.4, -0.2) is 23.6 Å². The molecule has 84 valence electrons. The normalized spacial score (nSPS) is 11.3. The van der Waals surface area contributed by atoms with Gasteiger partial charge >= 0.3 is 0 Å². The Balaban J connectivity index is 3.11. The zero-order valence-corrected chi connectivity index (χ0v) is 10.2. The number of anilines is 2. The van der Waals surface area contributed by atoms with Gasteiger partial charge in [-0.2, -0.15) is 0 Å². The Morgan fingerprint density at radius 3 is 2.27 bits per heavy atom. The van der Waals surface area contributed by atoms with Crippen LogP contribution in [0.15, 0.2) is 6.07 Å². The topological polar surface area (TPSA) is 49.8 Å². The third-order valence-corrected chi connectivity index (χ3v) is 2.01. The second-order valence-corrected chi connectivity index (χ2v) is 4.49. The molecule has 0 unspecified atom stereocenters. The third-order valence-electron chi connectivity index (χ3n) is 2.01. The predicted molar refractivity (Wildman–Crippen MR) is 64.4 cm³/mol. The Hall–Kier alpha value is -1.32. The highest BCUT2D eigenvalue weighted by Crippen LogP contribution is 2.21. The lowest BCUT2D eigenvalue weighted by Crippen LogP contribution is -2.18. The average Bonchev–Trinajstić information content (AvgIpc) is 2.16. The molecule has 4 heteroatoms. The molecule has 0 bridgehead atoms. The maximum absolute atomic E-state index is 4.48. The molecule has 0 saturated carbocycles. The van der Waals surface area contributed by atoms with Crippen LogP contribution in [0.25, 0.3) is 0 Å². The van der Waals surface area contributed by atoms with Crippen LogP contribution < -0.4 is 10.6 Å². The molecule has 0 atom stereocenters. The third kappa shape index (κ3) is 3.08. The van der Waals surface area contributed by atoms with E-state index >= 15 is 0 Å². The fraction of sp³-hybridized carbons (Fsp3) is 0.636. The summed E-state index contributed by atoms with van der Waals surface area (Å²) in [5, 5.41) is 6.25. The van der Waals surface area contributed by atoms with Gasteiger partial charge in [0.25, 0.3) is 0 Å². The molecule has 0 aromatic carbocycles. The van der Waals surface area contributed by atoms with Gasteiger partial charge in [0.15, 0.2) is 0 Å². The van der Waals surface area contributed by atoms with E-state index in [0.717, 1.165) is 24.0 Å². The Kier molecular flexibility index (Phi) is 3.50. The van der Waals surface area contributed by atoms with Gasteiger partial charge in [-0.3, -0.25) is 0 Å². The maximum Gasteiger partial charge on any atom is 0.138 e. The number of hydrogen-bond donors (Lipinski definition) is 2. The summed E-state index contributed by atoms with van der Waals surface area (Å²) in [6.07, 6.45) is 0. The molecule has 0 aliphatic rings.